The molecule has 1 saturated carbocycles. The van der Waals surface area contributed by atoms with Crippen LogP contribution in [-0.2, 0) is 11.3 Å². The lowest BCUT2D eigenvalue weighted by Gasteiger charge is -2.11. The lowest BCUT2D eigenvalue weighted by molar-refractivity contribution is 0.0321. The van der Waals surface area contributed by atoms with Crippen LogP contribution in [-0.4, -0.2) is 41.1 Å². The summed E-state index contributed by atoms with van der Waals surface area (Å²) in [6.07, 6.45) is 2.05. The van der Waals surface area contributed by atoms with Crippen molar-refractivity contribution in [3.63, 3.8) is 0 Å². The molecule has 6 nitrogen and oxygen atoms in total. The third-order valence-electron chi connectivity index (χ3n) is 2.59. The molecule has 0 radical (unpaired) electrons. The highest BCUT2D eigenvalue weighted by Gasteiger charge is 2.21. The molecule has 0 saturated heterocycles. The minimum atomic E-state index is -0.488. The molecule has 6 heteroatoms. The monoisotopic (exact) mass is 241 g/mol. The van der Waals surface area contributed by atoms with Crippen molar-refractivity contribution in [1.82, 2.24) is 15.5 Å². The van der Waals surface area contributed by atoms with Crippen LogP contribution < -0.4 is 5.32 Å². The van der Waals surface area contributed by atoms with Crippen molar-refractivity contribution < 1.29 is 14.4 Å². The van der Waals surface area contributed by atoms with E-state index in [9.17, 15) is 5.11 Å². The van der Waals surface area contributed by atoms with E-state index in [1.54, 1.807) is 6.92 Å². The molecule has 1 unspecified atom stereocenters. The molecule has 0 aliphatic heterocycles. The van der Waals surface area contributed by atoms with E-state index >= 15 is 0 Å². The van der Waals surface area contributed by atoms with Crippen molar-refractivity contribution in [1.29, 1.82) is 0 Å². The standard InChI is InChI=1S/C11H19N3O3/c1-8-13-11(17-14-8)5-12-4-10(15)7-16-6-9-2-3-9/h9-10,12,15H,2-7H2,1H3. The highest BCUT2D eigenvalue weighted by Crippen LogP contribution is 2.28. The average molecular weight is 241 g/mol. The molecule has 2 N–H and O–H groups in total. The zero-order valence-electron chi connectivity index (χ0n) is 10.1. The summed E-state index contributed by atoms with van der Waals surface area (Å²) in [5, 5.41) is 16.3. The number of aryl methyl sites for hydroxylation is 1. The molecule has 0 aromatic carbocycles. The van der Waals surface area contributed by atoms with E-state index in [0.717, 1.165) is 12.5 Å². The minimum Gasteiger partial charge on any atom is -0.389 e. The first-order valence-electron chi connectivity index (χ1n) is 5.99. The highest BCUT2D eigenvalue weighted by molar-refractivity contribution is 4.82. The molecule has 2 rings (SSSR count). The van der Waals surface area contributed by atoms with Gasteiger partial charge in [0.1, 0.15) is 0 Å². The molecule has 96 valence electrons. The molecule has 1 atom stereocenters. The topological polar surface area (TPSA) is 80.4 Å². The molecule has 0 bridgehead atoms. The number of nitrogens with one attached hydrogen (secondary N) is 1. The third kappa shape index (κ3) is 4.80. The predicted molar refractivity (Wildman–Crippen MR) is 60.3 cm³/mol. The highest BCUT2D eigenvalue weighted by atomic mass is 16.5. The van der Waals surface area contributed by atoms with Gasteiger partial charge in [0, 0.05) is 13.2 Å². The van der Waals surface area contributed by atoms with E-state index in [0.29, 0.717) is 31.4 Å². The van der Waals surface area contributed by atoms with Crippen LogP contribution in [0.2, 0.25) is 0 Å². The van der Waals surface area contributed by atoms with Gasteiger partial charge in [0.05, 0.1) is 19.3 Å². The van der Waals surface area contributed by atoms with Crippen LogP contribution in [0.15, 0.2) is 4.52 Å². The number of nitrogens with zero attached hydrogens (tertiary/aromatic N) is 2. The Bertz CT molecular complexity index is 338. The van der Waals surface area contributed by atoms with Crippen LogP contribution in [0.5, 0.6) is 0 Å². The fourth-order valence-electron chi connectivity index (χ4n) is 1.47. The van der Waals surface area contributed by atoms with Crippen LogP contribution in [0.3, 0.4) is 0 Å². The predicted octanol–water partition coefficient (Wildman–Crippen LogP) is 0.255. The average Bonchev–Trinajstić information content (AvgIpc) is 3.02. The Labute approximate surface area is 100 Å². The second kappa shape index (κ2) is 6.09. The fourth-order valence-corrected chi connectivity index (χ4v) is 1.47. The van der Waals surface area contributed by atoms with Gasteiger partial charge in [0.15, 0.2) is 5.82 Å². The molecular weight excluding hydrogens is 222 g/mol. The lowest BCUT2D eigenvalue weighted by atomic mass is 10.3. The van der Waals surface area contributed by atoms with Gasteiger partial charge in [-0.1, -0.05) is 5.16 Å². The van der Waals surface area contributed by atoms with E-state index < -0.39 is 6.10 Å². The number of rotatable bonds is 8. The van der Waals surface area contributed by atoms with Crippen LogP contribution in [0.1, 0.15) is 24.6 Å². The summed E-state index contributed by atoms with van der Waals surface area (Å²) >= 11 is 0. The Hall–Kier alpha value is -0.980. The maximum atomic E-state index is 9.61. The normalized spacial score (nSPS) is 17.3. The van der Waals surface area contributed by atoms with Crippen molar-refractivity contribution in [2.24, 2.45) is 5.92 Å². The van der Waals surface area contributed by atoms with E-state index in [2.05, 4.69) is 15.5 Å². The Morgan fingerprint density at radius 3 is 3.06 bits per heavy atom. The summed E-state index contributed by atoms with van der Waals surface area (Å²) in [6, 6.07) is 0. The first-order chi connectivity index (χ1) is 8.24. The molecule has 1 aromatic rings. The largest absolute Gasteiger partial charge is 0.389 e. The molecule has 0 spiro atoms. The van der Waals surface area contributed by atoms with E-state index in [4.69, 9.17) is 9.26 Å². The quantitative estimate of drug-likeness (QED) is 0.679. The Kier molecular flexibility index (Phi) is 4.47. The Balaban J connectivity index is 1.51. The lowest BCUT2D eigenvalue weighted by Crippen LogP contribution is -2.30. The van der Waals surface area contributed by atoms with Gasteiger partial charge >= 0.3 is 0 Å². The van der Waals surface area contributed by atoms with Crippen LogP contribution in [0.25, 0.3) is 0 Å². The van der Waals surface area contributed by atoms with Gasteiger partial charge in [-0.25, -0.2) is 0 Å². The number of aliphatic hydroxyl groups excluding tert-OH is 1. The number of hydrogen-bond acceptors (Lipinski definition) is 6. The summed E-state index contributed by atoms with van der Waals surface area (Å²) in [6.45, 7) is 3.87. The smallest absolute Gasteiger partial charge is 0.240 e. The summed E-state index contributed by atoms with van der Waals surface area (Å²) in [5.74, 6) is 1.89. The van der Waals surface area contributed by atoms with Crippen molar-refractivity contribution in [3.8, 4) is 0 Å². The number of ether oxygens (including phenoxy) is 1. The van der Waals surface area contributed by atoms with Gasteiger partial charge < -0.3 is 19.7 Å². The Morgan fingerprint density at radius 1 is 1.59 bits per heavy atom. The van der Waals surface area contributed by atoms with Gasteiger partial charge in [-0.05, 0) is 25.7 Å². The fraction of sp³-hybridized carbons (Fsp3) is 0.818. The van der Waals surface area contributed by atoms with Gasteiger partial charge in [-0.2, -0.15) is 4.98 Å². The third-order valence-corrected chi connectivity index (χ3v) is 2.59. The molecule has 0 amide bonds. The SMILES string of the molecule is Cc1noc(CNCC(O)COCC2CC2)n1. The summed E-state index contributed by atoms with van der Waals surface area (Å²) in [5.41, 5.74) is 0. The molecule has 1 aliphatic rings. The maximum absolute atomic E-state index is 9.61. The van der Waals surface area contributed by atoms with Crippen molar-refractivity contribution >= 4 is 0 Å². The molecule has 1 fully saturated rings. The summed E-state index contributed by atoms with van der Waals surface area (Å²) in [7, 11) is 0. The molecule has 1 aliphatic carbocycles. The number of hydrogen-bond donors (Lipinski definition) is 2. The first-order valence-corrected chi connectivity index (χ1v) is 5.99. The summed E-state index contributed by atoms with van der Waals surface area (Å²) < 4.78 is 10.3. The second-order valence-corrected chi connectivity index (χ2v) is 4.50. The Morgan fingerprint density at radius 2 is 2.41 bits per heavy atom. The van der Waals surface area contributed by atoms with Crippen LogP contribution in [0, 0.1) is 12.8 Å². The zero-order chi connectivity index (χ0) is 12.1. The summed E-state index contributed by atoms with van der Waals surface area (Å²) in [4.78, 5) is 4.05. The number of aliphatic hydroxyl groups is 1. The molecular formula is C11H19N3O3. The number of aromatic nitrogens is 2. The van der Waals surface area contributed by atoms with Crippen molar-refractivity contribution in [3.05, 3.63) is 11.7 Å². The van der Waals surface area contributed by atoms with E-state index in [1.165, 1.54) is 12.8 Å². The van der Waals surface area contributed by atoms with Gasteiger partial charge in [0.2, 0.25) is 5.89 Å². The van der Waals surface area contributed by atoms with Crippen LogP contribution >= 0.6 is 0 Å². The minimum absolute atomic E-state index is 0.381. The molecule has 1 heterocycles. The van der Waals surface area contributed by atoms with Crippen LogP contribution in [0.4, 0.5) is 0 Å². The zero-order valence-corrected chi connectivity index (χ0v) is 10.1. The van der Waals surface area contributed by atoms with Crippen molar-refractivity contribution in [2.75, 3.05) is 19.8 Å². The van der Waals surface area contributed by atoms with Crippen molar-refractivity contribution in [2.45, 2.75) is 32.4 Å². The van der Waals surface area contributed by atoms with Gasteiger partial charge in [-0.15, -0.1) is 0 Å². The van der Waals surface area contributed by atoms with E-state index in [-0.39, 0.29) is 0 Å². The van der Waals surface area contributed by atoms with Gasteiger partial charge in [-0.3, -0.25) is 0 Å². The molecule has 1 aromatic heterocycles. The van der Waals surface area contributed by atoms with Gasteiger partial charge in [0.25, 0.3) is 0 Å². The maximum Gasteiger partial charge on any atom is 0.240 e. The van der Waals surface area contributed by atoms with E-state index in [1.807, 2.05) is 0 Å². The first kappa shape index (κ1) is 12.5. The second-order valence-electron chi connectivity index (χ2n) is 4.50. The molecule has 17 heavy (non-hydrogen) atoms.